The van der Waals surface area contributed by atoms with Crippen molar-refractivity contribution in [3.8, 4) is 0 Å². The molecule has 106 valence electrons. The van der Waals surface area contributed by atoms with E-state index in [0.29, 0.717) is 18.4 Å². The predicted octanol–water partition coefficient (Wildman–Crippen LogP) is 1.33. The van der Waals surface area contributed by atoms with Crippen LogP contribution in [0, 0.1) is 5.82 Å². The maximum absolute atomic E-state index is 12.8. The molecule has 1 unspecified atom stereocenters. The number of nitrogens with one attached hydrogen (secondary N) is 2. The first-order valence-corrected chi connectivity index (χ1v) is 6.32. The van der Waals surface area contributed by atoms with Gasteiger partial charge in [0.15, 0.2) is 0 Å². The third-order valence-corrected chi connectivity index (χ3v) is 2.99. The van der Waals surface area contributed by atoms with Gasteiger partial charge < -0.3 is 10.4 Å². The molecule has 20 heavy (non-hydrogen) atoms. The van der Waals surface area contributed by atoms with Crippen molar-refractivity contribution in [3.63, 3.8) is 0 Å². The first-order chi connectivity index (χ1) is 9.69. The Balaban J connectivity index is 1.89. The Morgan fingerprint density at radius 3 is 2.75 bits per heavy atom. The van der Waals surface area contributed by atoms with Gasteiger partial charge in [-0.3, -0.25) is 9.89 Å². The van der Waals surface area contributed by atoms with Crippen LogP contribution in [0.25, 0.3) is 0 Å². The fraction of sp³-hybridized carbons (Fsp3) is 0.286. The van der Waals surface area contributed by atoms with Crippen LogP contribution in [0.4, 0.5) is 4.39 Å². The maximum atomic E-state index is 12.8. The Hall–Kier alpha value is -2.21. The van der Waals surface area contributed by atoms with E-state index >= 15 is 0 Å². The van der Waals surface area contributed by atoms with Crippen LogP contribution in [0.2, 0.25) is 0 Å². The van der Waals surface area contributed by atoms with Crippen LogP contribution in [0.15, 0.2) is 36.7 Å². The molecule has 1 aromatic carbocycles. The zero-order valence-electron chi connectivity index (χ0n) is 10.8. The predicted molar refractivity (Wildman–Crippen MR) is 71.3 cm³/mol. The van der Waals surface area contributed by atoms with Crippen LogP contribution in [-0.4, -0.2) is 27.8 Å². The van der Waals surface area contributed by atoms with Crippen molar-refractivity contribution in [1.29, 1.82) is 0 Å². The number of aliphatic hydroxyl groups excluding tert-OH is 1. The third kappa shape index (κ3) is 3.89. The summed E-state index contributed by atoms with van der Waals surface area (Å²) in [5.41, 5.74) is 1.62. The number of carbonyl (C=O) groups is 1. The molecule has 6 heteroatoms. The average Bonchev–Trinajstić information content (AvgIpc) is 2.97. The summed E-state index contributed by atoms with van der Waals surface area (Å²) in [7, 11) is 0. The molecule has 1 heterocycles. The molecule has 0 bridgehead atoms. The zero-order valence-corrected chi connectivity index (χ0v) is 10.8. The number of amides is 1. The number of hydrogen-bond donors (Lipinski definition) is 3. The van der Waals surface area contributed by atoms with Gasteiger partial charge in [0, 0.05) is 12.6 Å². The van der Waals surface area contributed by atoms with E-state index in [1.165, 1.54) is 12.1 Å². The van der Waals surface area contributed by atoms with Crippen LogP contribution >= 0.6 is 0 Å². The van der Waals surface area contributed by atoms with Crippen molar-refractivity contribution in [2.75, 3.05) is 6.61 Å². The van der Waals surface area contributed by atoms with Gasteiger partial charge in [0.2, 0.25) is 5.91 Å². The fourth-order valence-electron chi connectivity index (χ4n) is 1.87. The van der Waals surface area contributed by atoms with E-state index in [1.54, 1.807) is 24.5 Å². The molecule has 0 aliphatic heterocycles. The van der Waals surface area contributed by atoms with Crippen molar-refractivity contribution < 1.29 is 14.3 Å². The van der Waals surface area contributed by atoms with E-state index in [0.717, 1.165) is 5.56 Å². The summed E-state index contributed by atoms with van der Waals surface area (Å²) < 4.78 is 12.8. The van der Waals surface area contributed by atoms with Gasteiger partial charge in [-0.15, -0.1) is 0 Å². The number of aliphatic hydroxyl groups is 1. The molecular weight excluding hydrogens is 261 g/mol. The number of aryl methyl sites for hydroxylation is 1. The van der Waals surface area contributed by atoms with E-state index in [4.69, 9.17) is 0 Å². The molecule has 0 spiro atoms. The summed E-state index contributed by atoms with van der Waals surface area (Å²) >= 11 is 0. The topological polar surface area (TPSA) is 78.0 Å². The van der Waals surface area contributed by atoms with Crippen LogP contribution in [0.3, 0.4) is 0 Å². The molecule has 1 atom stereocenters. The molecule has 2 aromatic rings. The lowest BCUT2D eigenvalue weighted by molar-refractivity contribution is -0.122. The summed E-state index contributed by atoms with van der Waals surface area (Å²) in [5, 5.41) is 18.5. The molecule has 1 amide bonds. The number of hydrogen-bond acceptors (Lipinski definition) is 3. The minimum absolute atomic E-state index is 0.172. The van der Waals surface area contributed by atoms with Crippen LogP contribution in [-0.2, 0) is 11.2 Å². The summed E-state index contributed by atoms with van der Waals surface area (Å²) in [5.74, 6) is -0.522. The number of rotatable bonds is 6. The highest BCUT2D eigenvalue weighted by atomic mass is 19.1. The van der Waals surface area contributed by atoms with E-state index < -0.39 is 6.04 Å². The Bertz CT molecular complexity index is 540. The van der Waals surface area contributed by atoms with Crippen molar-refractivity contribution in [2.24, 2.45) is 0 Å². The first-order valence-electron chi connectivity index (χ1n) is 6.32. The summed E-state index contributed by atoms with van der Waals surface area (Å²) in [6.07, 6.45) is 4.27. The molecule has 0 saturated carbocycles. The summed E-state index contributed by atoms with van der Waals surface area (Å²) in [6.45, 7) is -0.233. The monoisotopic (exact) mass is 277 g/mol. The second-order valence-electron chi connectivity index (χ2n) is 4.46. The number of carbonyl (C=O) groups excluding carboxylic acids is 1. The van der Waals surface area contributed by atoms with Crippen molar-refractivity contribution in [2.45, 2.75) is 18.9 Å². The van der Waals surface area contributed by atoms with Crippen molar-refractivity contribution in [3.05, 3.63) is 53.6 Å². The van der Waals surface area contributed by atoms with Crippen LogP contribution < -0.4 is 5.32 Å². The average molecular weight is 277 g/mol. The molecular formula is C14H16FN3O2. The Morgan fingerprint density at radius 2 is 2.15 bits per heavy atom. The number of halogens is 1. The SMILES string of the molecule is O=C(CCc1cn[nH]c1)NC(CO)c1ccc(F)cc1. The van der Waals surface area contributed by atoms with Crippen molar-refractivity contribution >= 4 is 5.91 Å². The second kappa shape index (κ2) is 6.81. The fourth-order valence-corrected chi connectivity index (χ4v) is 1.87. The Labute approximate surface area is 115 Å². The molecule has 0 fully saturated rings. The largest absolute Gasteiger partial charge is 0.394 e. The molecule has 0 radical (unpaired) electrons. The summed E-state index contributed by atoms with van der Waals surface area (Å²) in [4.78, 5) is 11.8. The van der Waals surface area contributed by atoms with Gasteiger partial charge in [0.1, 0.15) is 5.82 Å². The summed E-state index contributed by atoms with van der Waals surface area (Å²) in [6, 6.07) is 5.18. The minimum Gasteiger partial charge on any atom is -0.394 e. The quantitative estimate of drug-likeness (QED) is 0.745. The highest BCUT2D eigenvalue weighted by Gasteiger charge is 2.13. The Kier molecular flexibility index (Phi) is 4.84. The lowest BCUT2D eigenvalue weighted by atomic mass is 10.1. The number of aromatic nitrogens is 2. The first kappa shape index (κ1) is 14.2. The van der Waals surface area contributed by atoms with Crippen LogP contribution in [0.1, 0.15) is 23.6 Å². The van der Waals surface area contributed by atoms with Gasteiger partial charge in [-0.2, -0.15) is 5.10 Å². The number of benzene rings is 1. The zero-order chi connectivity index (χ0) is 14.4. The lowest BCUT2D eigenvalue weighted by Gasteiger charge is -2.16. The molecule has 0 aliphatic rings. The molecule has 0 aliphatic carbocycles. The number of aromatic amines is 1. The van der Waals surface area contributed by atoms with Gasteiger partial charge in [0.05, 0.1) is 18.8 Å². The number of nitrogens with zero attached hydrogens (tertiary/aromatic N) is 1. The van der Waals surface area contributed by atoms with E-state index in [1.807, 2.05) is 0 Å². The smallest absolute Gasteiger partial charge is 0.220 e. The van der Waals surface area contributed by atoms with Crippen LogP contribution in [0.5, 0.6) is 0 Å². The maximum Gasteiger partial charge on any atom is 0.220 e. The highest BCUT2D eigenvalue weighted by molar-refractivity contribution is 5.76. The van der Waals surface area contributed by atoms with E-state index in [-0.39, 0.29) is 18.3 Å². The highest BCUT2D eigenvalue weighted by Crippen LogP contribution is 2.13. The Morgan fingerprint density at radius 1 is 1.40 bits per heavy atom. The van der Waals surface area contributed by atoms with E-state index in [2.05, 4.69) is 15.5 Å². The molecule has 2 rings (SSSR count). The van der Waals surface area contributed by atoms with Gasteiger partial charge in [-0.05, 0) is 29.7 Å². The second-order valence-corrected chi connectivity index (χ2v) is 4.46. The third-order valence-electron chi connectivity index (χ3n) is 2.99. The minimum atomic E-state index is -0.521. The lowest BCUT2D eigenvalue weighted by Crippen LogP contribution is -2.30. The molecule has 5 nitrogen and oxygen atoms in total. The van der Waals surface area contributed by atoms with Gasteiger partial charge in [0.25, 0.3) is 0 Å². The van der Waals surface area contributed by atoms with E-state index in [9.17, 15) is 14.3 Å². The molecule has 1 aromatic heterocycles. The van der Waals surface area contributed by atoms with Crippen molar-refractivity contribution in [1.82, 2.24) is 15.5 Å². The van der Waals surface area contributed by atoms with Gasteiger partial charge in [-0.1, -0.05) is 12.1 Å². The standard InChI is InChI=1S/C14H16FN3O2/c15-12-4-2-11(3-5-12)13(9-19)18-14(20)6-1-10-7-16-17-8-10/h2-5,7-8,13,19H,1,6,9H2,(H,16,17)(H,18,20). The molecule has 3 N–H and O–H groups in total. The normalized spacial score (nSPS) is 12.1. The molecule has 0 saturated heterocycles. The van der Waals surface area contributed by atoms with Gasteiger partial charge >= 0.3 is 0 Å². The van der Waals surface area contributed by atoms with Gasteiger partial charge in [-0.25, -0.2) is 4.39 Å². The number of H-pyrrole nitrogens is 1.